The van der Waals surface area contributed by atoms with Crippen LogP contribution < -0.4 is 4.74 Å². The molecule has 0 N–H and O–H groups in total. The van der Waals surface area contributed by atoms with E-state index >= 15 is 0 Å². The number of alkyl halides is 3. The van der Waals surface area contributed by atoms with Gasteiger partial charge in [0.15, 0.2) is 5.60 Å². The van der Waals surface area contributed by atoms with Crippen LogP contribution in [0.3, 0.4) is 0 Å². The molecule has 0 saturated heterocycles. The molecule has 3 rings (SSSR count). The molecule has 1 aliphatic rings. The van der Waals surface area contributed by atoms with Crippen LogP contribution in [-0.4, -0.2) is 5.97 Å². The zero-order chi connectivity index (χ0) is 18.4. The Hall–Kier alpha value is -2.47. The molecule has 1 aliphatic heterocycles. The lowest BCUT2D eigenvalue weighted by Gasteiger charge is -2.19. The maximum absolute atomic E-state index is 12.7. The Morgan fingerprint density at radius 1 is 1.24 bits per heavy atom. The van der Waals surface area contributed by atoms with E-state index < -0.39 is 23.3 Å². The third-order valence-corrected chi connectivity index (χ3v) is 4.22. The van der Waals surface area contributed by atoms with Gasteiger partial charge in [0.1, 0.15) is 11.5 Å². The third-order valence-electron chi connectivity index (χ3n) is 3.93. The van der Waals surface area contributed by atoms with Crippen LogP contribution >= 0.6 is 11.6 Å². The minimum Gasteiger partial charge on any atom is -0.456 e. The number of rotatable bonds is 3. The Labute approximate surface area is 146 Å². The lowest BCUT2D eigenvalue weighted by Crippen LogP contribution is -2.17. The molecule has 1 unspecified atom stereocenters. The van der Waals surface area contributed by atoms with Gasteiger partial charge in [-0.3, -0.25) is 0 Å². The molecule has 2 aromatic carbocycles. The van der Waals surface area contributed by atoms with E-state index in [0.29, 0.717) is 16.9 Å². The molecule has 25 heavy (non-hydrogen) atoms. The maximum Gasteiger partial charge on any atom is 0.416 e. The Morgan fingerprint density at radius 3 is 2.56 bits per heavy atom. The van der Waals surface area contributed by atoms with Gasteiger partial charge in [-0.05, 0) is 49.4 Å². The Balaban J connectivity index is 1.94. The molecule has 0 radical (unpaired) electrons. The van der Waals surface area contributed by atoms with Crippen molar-refractivity contribution in [1.82, 2.24) is 0 Å². The second-order valence-corrected chi connectivity index (χ2v) is 6.06. The van der Waals surface area contributed by atoms with Gasteiger partial charge in [0.2, 0.25) is 0 Å². The molecule has 0 aromatic heterocycles. The first-order valence-electron chi connectivity index (χ1n) is 7.20. The number of benzene rings is 2. The molecule has 3 nitrogen and oxygen atoms in total. The first kappa shape index (κ1) is 17.4. The van der Waals surface area contributed by atoms with Crippen LogP contribution in [0.1, 0.15) is 28.4 Å². The smallest absolute Gasteiger partial charge is 0.416 e. The summed E-state index contributed by atoms with van der Waals surface area (Å²) >= 11 is 5.89. The highest BCUT2D eigenvalue weighted by atomic mass is 35.5. The van der Waals surface area contributed by atoms with E-state index in [0.717, 1.165) is 18.2 Å². The van der Waals surface area contributed by atoms with Crippen molar-refractivity contribution in [2.75, 3.05) is 0 Å². The molecule has 2 aromatic rings. The average Bonchev–Trinajstić information content (AvgIpc) is 2.80. The molecule has 0 amide bonds. The SMILES string of the molecule is C=CC1(C)OC(=O)c2ccc(Oc3ccc(C(F)(F)F)cc3Cl)cc21. The van der Waals surface area contributed by atoms with Crippen LogP contribution in [0.4, 0.5) is 13.2 Å². The molecular formula is C18H12ClF3O3. The first-order valence-corrected chi connectivity index (χ1v) is 7.58. The van der Waals surface area contributed by atoms with Crippen molar-refractivity contribution in [2.45, 2.75) is 18.7 Å². The second kappa shape index (κ2) is 5.81. The van der Waals surface area contributed by atoms with Crippen LogP contribution in [0.5, 0.6) is 11.5 Å². The molecule has 0 fully saturated rings. The van der Waals surface area contributed by atoms with Gasteiger partial charge in [0.25, 0.3) is 0 Å². The summed E-state index contributed by atoms with van der Waals surface area (Å²) in [5.41, 5.74) is -0.909. The lowest BCUT2D eigenvalue weighted by molar-refractivity contribution is -0.137. The molecule has 0 saturated carbocycles. The molecule has 130 valence electrons. The topological polar surface area (TPSA) is 35.5 Å². The van der Waals surface area contributed by atoms with Crippen LogP contribution in [0, 0.1) is 0 Å². The van der Waals surface area contributed by atoms with Gasteiger partial charge in [-0.15, -0.1) is 0 Å². The van der Waals surface area contributed by atoms with Crippen molar-refractivity contribution >= 4 is 17.6 Å². The number of carbonyl (C=O) groups excluding carboxylic acids is 1. The van der Waals surface area contributed by atoms with E-state index in [1.165, 1.54) is 18.2 Å². The van der Waals surface area contributed by atoms with Crippen LogP contribution in [0.25, 0.3) is 0 Å². The summed E-state index contributed by atoms with van der Waals surface area (Å²) in [6, 6.07) is 7.45. The van der Waals surface area contributed by atoms with E-state index in [-0.39, 0.29) is 10.8 Å². The lowest BCUT2D eigenvalue weighted by atomic mass is 9.94. The largest absolute Gasteiger partial charge is 0.456 e. The van der Waals surface area contributed by atoms with Gasteiger partial charge in [-0.1, -0.05) is 18.2 Å². The summed E-state index contributed by atoms with van der Waals surface area (Å²) in [5, 5.41) is -0.172. The first-order chi connectivity index (χ1) is 11.6. The number of fused-ring (bicyclic) bond motifs is 1. The zero-order valence-corrected chi connectivity index (χ0v) is 13.7. The summed E-state index contributed by atoms with van der Waals surface area (Å²) in [7, 11) is 0. The minimum absolute atomic E-state index is 0.0696. The molecular weight excluding hydrogens is 357 g/mol. The Kier molecular flexibility index (Phi) is 4.03. The van der Waals surface area contributed by atoms with E-state index in [2.05, 4.69) is 6.58 Å². The average molecular weight is 369 g/mol. The second-order valence-electron chi connectivity index (χ2n) is 5.65. The highest BCUT2D eigenvalue weighted by Crippen LogP contribution is 2.41. The summed E-state index contributed by atoms with van der Waals surface area (Å²) in [5.74, 6) is -0.0940. The van der Waals surface area contributed by atoms with Gasteiger partial charge < -0.3 is 9.47 Å². The zero-order valence-electron chi connectivity index (χ0n) is 13.0. The van der Waals surface area contributed by atoms with Gasteiger partial charge in [0.05, 0.1) is 16.1 Å². The van der Waals surface area contributed by atoms with Gasteiger partial charge >= 0.3 is 12.1 Å². The number of cyclic esters (lactones) is 1. The normalized spacial score (nSPS) is 19.3. The fourth-order valence-corrected chi connectivity index (χ4v) is 2.74. The van der Waals surface area contributed by atoms with Crippen molar-refractivity contribution in [3.63, 3.8) is 0 Å². The minimum atomic E-state index is -4.49. The number of esters is 1. The fourth-order valence-electron chi connectivity index (χ4n) is 2.52. The van der Waals surface area contributed by atoms with E-state index in [1.807, 2.05) is 0 Å². The summed E-state index contributed by atoms with van der Waals surface area (Å²) < 4.78 is 48.9. The quantitative estimate of drug-likeness (QED) is 0.513. The predicted octanol–water partition coefficient (Wildman–Crippen LogP) is 5.72. The van der Waals surface area contributed by atoms with Crippen molar-refractivity contribution in [2.24, 2.45) is 0 Å². The molecule has 0 bridgehead atoms. The number of halogens is 4. The molecule has 7 heteroatoms. The van der Waals surface area contributed by atoms with Gasteiger partial charge in [0, 0.05) is 5.56 Å². The Bertz CT molecular complexity index is 876. The van der Waals surface area contributed by atoms with Crippen LogP contribution in [-0.2, 0) is 16.5 Å². The summed E-state index contributed by atoms with van der Waals surface area (Å²) in [6.45, 7) is 5.34. The standard InChI is InChI=1S/C18H12ClF3O3/c1-3-17(2)13-9-11(5-6-12(13)16(23)25-17)24-15-7-4-10(8-14(15)19)18(20,21)22/h3-9H,1H2,2H3. The predicted molar refractivity (Wildman–Crippen MR) is 85.9 cm³/mol. The van der Waals surface area contributed by atoms with E-state index in [9.17, 15) is 18.0 Å². The van der Waals surface area contributed by atoms with E-state index in [4.69, 9.17) is 21.1 Å². The van der Waals surface area contributed by atoms with Crippen molar-refractivity contribution in [3.05, 3.63) is 70.8 Å². The Morgan fingerprint density at radius 2 is 1.96 bits per heavy atom. The van der Waals surface area contributed by atoms with Crippen molar-refractivity contribution in [1.29, 1.82) is 0 Å². The molecule has 0 spiro atoms. The highest BCUT2D eigenvalue weighted by molar-refractivity contribution is 6.32. The third kappa shape index (κ3) is 3.09. The van der Waals surface area contributed by atoms with E-state index in [1.54, 1.807) is 13.0 Å². The number of carbonyl (C=O) groups is 1. The van der Waals surface area contributed by atoms with Crippen LogP contribution in [0.2, 0.25) is 5.02 Å². The van der Waals surface area contributed by atoms with Crippen LogP contribution in [0.15, 0.2) is 49.1 Å². The number of ether oxygens (including phenoxy) is 2. The van der Waals surface area contributed by atoms with Crippen molar-refractivity contribution < 1.29 is 27.4 Å². The fraction of sp³-hybridized carbons (Fsp3) is 0.167. The van der Waals surface area contributed by atoms with Gasteiger partial charge in [-0.25, -0.2) is 4.79 Å². The molecule has 0 aliphatic carbocycles. The van der Waals surface area contributed by atoms with Gasteiger partial charge in [-0.2, -0.15) is 13.2 Å². The maximum atomic E-state index is 12.7. The molecule has 1 heterocycles. The monoisotopic (exact) mass is 368 g/mol. The number of hydrogen-bond donors (Lipinski definition) is 0. The summed E-state index contributed by atoms with van der Waals surface area (Å²) in [4.78, 5) is 11.9. The summed E-state index contributed by atoms with van der Waals surface area (Å²) in [6.07, 6.45) is -3.00. The molecule has 1 atom stereocenters. The number of hydrogen-bond acceptors (Lipinski definition) is 3. The van der Waals surface area contributed by atoms with Crippen molar-refractivity contribution in [3.8, 4) is 11.5 Å². The highest BCUT2D eigenvalue weighted by Gasteiger charge is 2.39.